The molecule has 0 atom stereocenters. The van der Waals surface area contributed by atoms with E-state index in [0.717, 1.165) is 51.5 Å². The van der Waals surface area contributed by atoms with Crippen molar-refractivity contribution < 1.29 is 18.0 Å². The van der Waals surface area contributed by atoms with E-state index in [9.17, 15) is 18.0 Å². The topological polar surface area (TPSA) is 74.6 Å². The first-order valence-electron chi connectivity index (χ1n) is 12.1. The van der Waals surface area contributed by atoms with Gasteiger partial charge in [0, 0.05) is 49.8 Å². The third kappa shape index (κ3) is 5.85. The van der Waals surface area contributed by atoms with E-state index < -0.39 is 17.8 Å². The molecular formula is C29H25F3N6O. The number of aromatic nitrogens is 3. The number of amides is 2. The third-order valence-corrected chi connectivity index (χ3v) is 6.20. The summed E-state index contributed by atoms with van der Waals surface area (Å²) < 4.78 is 40.6. The number of imidazole rings is 1. The summed E-state index contributed by atoms with van der Waals surface area (Å²) in [5.74, 6) is 0.887. The fourth-order valence-electron chi connectivity index (χ4n) is 4.12. The zero-order chi connectivity index (χ0) is 27.6. The van der Waals surface area contributed by atoms with Crippen LogP contribution in [0.1, 0.15) is 11.1 Å². The van der Waals surface area contributed by atoms with Crippen LogP contribution >= 0.6 is 0 Å². The molecule has 2 N–H and O–H groups in total. The first kappa shape index (κ1) is 25.8. The second kappa shape index (κ2) is 10.5. The van der Waals surface area contributed by atoms with Crippen molar-refractivity contribution in [2.24, 2.45) is 0 Å². The van der Waals surface area contributed by atoms with Crippen molar-refractivity contribution in [3.05, 3.63) is 103 Å². The number of urea groups is 1. The monoisotopic (exact) mass is 530 g/mol. The van der Waals surface area contributed by atoms with E-state index >= 15 is 0 Å². The maximum Gasteiger partial charge on any atom is 0.416 e. The molecule has 0 aliphatic rings. The molecule has 2 amide bonds. The number of nitrogens with zero attached hydrogens (tertiary/aromatic N) is 4. The number of carbonyl (C=O) groups is 1. The molecular weight excluding hydrogens is 505 g/mol. The van der Waals surface area contributed by atoms with Crippen LogP contribution in [0.15, 0.2) is 91.4 Å². The summed E-state index contributed by atoms with van der Waals surface area (Å²) in [5, 5.41) is 5.10. The predicted molar refractivity (Wildman–Crippen MR) is 145 cm³/mol. The Morgan fingerprint density at radius 3 is 2.36 bits per heavy atom. The van der Waals surface area contributed by atoms with Crippen LogP contribution in [0.25, 0.3) is 28.0 Å². The Morgan fingerprint density at radius 2 is 1.67 bits per heavy atom. The number of anilines is 2. The van der Waals surface area contributed by atoms with Gasteiger partial charge in [-0.1, -0.05) is 30.3 Å². The molecule has 0 radical (unpaired) electrons. The molecule has 0 saturated heterocycles. The van der Waals surface area contributed by atoms with Gasteiger partial charge < -0.3 is 15.5 Å². The molecule has 5 rings (SSSR count). The molecule has 0 fully saturated rings. The van der Waals surface area contributed by atoms with Crippen molar-refractivity contribution in [2.75, 3.05) is 24.3 Å². The van der Waals surface area contributed by atoms with Gasteiger partial charge >= 0.3 is 12.2 Å². The molecule has 0 aliphatic heterocycles. The Balaban J connectivity index is 1.24. The van der Waals surface area contributed by atoms with Gasteiger partial charge in [-0.05, 0) is 53.6 Å². The van der Waals surface area contributed by atoms with Crippen LogP contribution < -0.4 is 15.5 Å². The lowest BCUT2D eigenvalue weighted by atomic mass is 10.1. The summed E-state index contributed by atoms with van der Waals surface area (Å²) in [6.07, 6.45) is 1.15. The second-order valence-electron chi connectivity index (χ2n) is 9.17. The van der Waals surface area contributed by atoms with E-state index in [1.165, 1.54) is 12.1 Å². The third-order valence-electron chi connectivity index (χ3n) is 6.20. The van der Waals surface area contributed by atoms with Gasteiger partial charge in [0.2, 0.25) is 0 Å². The number of fused-ring (bicyclic) bond motifs is 1. The summed E-state index contributed by atoms with van der Waals surface area (Å²) >= 11 is 0. The molecule has 3 aromatic heterocycles. The Bertz CT molecular complexity index is 1610. The molecule has 0 saturated carbocycles. The quantitative estimate of drug-likeness (QED) is 0.264. The van der Waals surface area contributed by atoms with Crippen molar-refractivity contribution in [1.29, 1.82) is 0 Å². The first-order chi connectivity index (χ1) is 18.7. The van der Waals surface area contributed by atoms with E-state index in [1.807, 2.05) is 90.5 Å². The van der Waals surface area contributed by atoms with Crippen molar-refractivity contribution >= 4 is 23.2 Å². The van der Waals surface area contributed by atoms with Crippen molar-refractivity contribution in [2.45, 2.75) is 12.7 Å². The summed E-state index contributed by atoms with van der Waals surface area (Å²) in [4.78, 5) is 23.2. The molecule has 0 unspecified atom stereocenters. The zero-order valence-corrected chi connectivity index (χ0v) is 21.2. The molecule has 198 valence electrons. The van der Waals surface area contributed by atoms with Gasteiger partial charge in [0.15, 0.2) is 0 Å². The Labute approximate surface area is 223 Å². The Hall–Kier alpha value is -4.86. The SMILES string of the molecule is CN(C)c1ccc(-c2ccn3c(-c4ccc(CNC(=O)Nc5cccc(C(F)(F)F)c5)cc4)cnc3c2)cn1. The molecule has 10 heteroatoms. The second-order valence-corrected chi connectivity index (χ2v) is 9.17. The van der Waals surface area contributed by atoms with Crippen molar-refractivity contribution in [3.63, 3.8) is 0 Å². The van der Waals surface area contributed by atoms with Gasteiger partial charge in [-0.15, -0.1) is 0 Å². The lowest BCUT2D eigenvalue weighted by Gasteiger charge is -2.11. The summed E-state index contributed by atoms with van der Waals surface area (Å²) in [6, 6.07) is 19.6. The number of pyridine rings is 2. The van der Waals surface area contributed by atoms with E-state index in [-0.39, 0.29) is 12.2 Å². The predicted octanol–water partition coefficient (Wildman–Crippen LogP) is 6.47. The molecule has 0 bridgehead atoms. The van der Waals surface area contributed by atoms with Crippen LogP contribution in [0.2, 0.25) is 0 Å². The molecule has 39 heavy (non-hydrogen) atoms. The highest BCUT2D eigenvalue weighted by molar-refractivity contribution is 5.89. The molecule has 0 spiro atoms. The lowest BCUT2D eigenvalue weighted by Crippen LogP contribution is -2.28. The fourth-order valence-corrected chi connectivity index (χ4v) is 4.12. The number of halogens is 3. The van der Waals surface area contributed by atoms with Gasteiger partial charge in [-0.25, -0.2) is 14.8 Å². The highest BCUT2D eigenvalue weighted by Crippen LogP contribution is 2.31. The number of hydrogen-bond acceptors (Lipinski definition) is 4. The molecule has 7 nitrogen and oxygen atoms in total. The van der Waals surface area contributed by atoms with E-state index in [2.05, 4.69) is 20.6 Å². The Kier molecular flexibility index (Phi) is 6.93. The maximum atomic E-state index is 12.9. The van der Waals surface area contributed by atoms with Crippen LogP contribution in [-0.2, 0) is 12.7 Å². The van der Waals surface area contributed by atoms with E-state index in [0.29, 0.717) is 0 Å². The molecule has 5 aromatic rings. The van der Waals surface area contributed by atoms with Crippen LogP contribution in [0.4, 0.5) is 29.5 Å². The number of nitrogens with one attached hydrogen (secondary N) is 2. The summed E-state index contributed by atoms with van der Waals surface area (Å²) in [5.41, 5.74) is 4.76. The van der Waals surface area contributed by atoms with Gasteiger partial charge in [0.1, 0.15) is 11.5 Å². The number of benzene rings is 2. The van der Waals surface area contributed by atoms with E-state index in [4.69, 9.17) is 0 Å². The van der Waals surface area contributed by atoms with Crippen molar-refractivity contribution in [3.8, 4) is 22.4 Å². The van der Waals surface area contributed by atoms with Gasteiger partial charge in [0.05, 0.1) is 17.5 Å². The largest absolute Gasteiger partial charge is 0.416 e. The van der Waals surface area contributed by atoms with Gasteiger partial charge in [-0.3, -0.25) is 4.40 Å². The first-order valence-corrected chi connectivity index (χ1v) is 12.1. The number of alkyl halides is 3. The summed E-state index contributed by atoms with van der Waals surface area (Å²) in [6.45, 7) is 0.211. The number of rotatable bonds is 6. The smallest absolute Gasteiger partial charge is 0.363 e. The molecule has 3 heterocycles. The lowest BCUT2D eigenvalue weighted by molar-refractivity contribution is -0.137. The number of hydrogen-bond donors (Lipinski definition) is 2. The van der Waals surface area contributed by atoms with Gasteiger partial charge in [-0.2, -0.15) is 13.2 Å². The molecule has 2 aromatic carbocycles. The average Bonchev–Trinajstić information content (AvgIpc) is 3.35. The Morgan fingerprint density at radius 1 is 0.897 bits per heavy atom. The normalized spacial score (nSPS) is 11.4. The average molecular weight is 531 g/mol. The highest BCUT2D eigenvalue weighted by Gasteiger charge is 2.30. The van der Waals surface area contributed by atoms with E-state index in [1.54, 1.807) is 0 Å². The fraction of sp³-hybridized carbons (Fsp3) is 0.138. The molecule has 0 aliphatic carbocycles. The van der Waals surface area contributed by atoms with Crippen LogP contribution in [-0.4, -0.2) is 34.5 Å². The minimum absolute atomic E-state index is 0.0651. The summed E-state index contributed by atoms with van der Waals surface area (Å²) in [7, 11) is 3.90. The highest BCUT2D eigenvalue weighted by atomic mass is 19.4. The minimum Gasteiger partial charge on any atom is -0.363 e. The number of carbonyl (C=O) groups excluding carboxylic acids is 1. The maximum absolute atomic E-state index is 12.9. The standard InChI is InChI=1S/C29H25F3N6O/c1-37(2)26-11-10-22(17-33-26)21-12-13-38-25(18-34-27(38)14-21)20-8-6-19(7-9-20)16-35-28(39)36-24-5-3-4-23(15-24)29(30,31)32/h3-15,17-18H,16H2,1-2H3,(H2,35,36,39). The van der Waals surface area contributed by atoms with Crippen LogP contribution in [0.3, 0.4) is 0 Å². The zero-order valence-electron chi connectivity index (χ0n) is 21.2. The van der Waals surface area contributed by atoms with Crippen LogP contribution in [0, 0.1) is 0 Å². The van der Waals surface area contributed by atoms with Crippen molar-refractivity contribution in [1.82, 2.24) is 19.7 Å². The van der Waals surface area contributed by atoms with Gasteiger partial charge in [0.25, 0.3) is 0 Å². The minimum atomic E-state index is -4.48. The van der Waals surface area contributed by atoms with Crippen LogP contribution in [0.5, 0.6) is 0 Å².